The number of carbonyl (C=O) groups excluding carboxylic acids is 1. The minimum Gasteiger partial charge on any atom is -0.482 e. The molecule has 1 atom stereocenters. The number of carbonyl (C=O) groups is 1. The smallest absolute Gasteiger partial charge is 0.257 e. The lowest BCUT2D eigenvalue weighted by atomic mass is 10.0. The fourth-order valence-electron chi connectivity index (χ4n) is 2.76. The van der Waals surface area contributed by atoms with Crippen LogP contribution in [0.4, 0.5) is 0 Å². The lowest BCUT2D eigenvalue weighted by Crippen LogP contribution is -2.39. The second-order valence-electron chi connectivity index (χ2n) is 5.80. The van der Waals surface area contributed by atoms with E-state index in [1.165, 1.54) is 25.8 Å². The van der Waals surface area contributed by atoms with Gasteiger partial charge < -0.3 is 15.0 Å². The maximum atomic E-state index is 11.8. The minimum atomic E-state index is -0.105. The molecule has 0 aliphatic carbocycles. The van der Waals surface area contributed by atoms with Gasteiger partial charge in [0.1, 0.15) is 5.75 Å². The number of likely N-dealkylation sites (tertiary alicyclic amines) is 1. The Morgan fingerprint density at radius 3 is 3.00 bits per heavy atom. The van der Waals surface area contributed by atoms with Crippen molar-refractivity contribution >= 4 is 17.5 Å². The summed E-state index contributed by atoms with van der Waals surface area (Å²) in [6, 6.07) is 7.84. The van der Waals surface area contributed by atoms with E-state index < -0.39 is 0 Å². The first kappa shape index (κ1) is 17.1. The van der Waals surface area contributed by atoms with E-state index in [1.807, 2.05) is 12.1 Å². The molecule has 1 N–H and O–H groups in total. The Bertz CT molecular complexity index is 481. The predicted molar refractivity (Wildman–Crippen MR) is 89.5 cm³/mol. The van der Waals surface area contributed by atoms with Gasteiger partial charge >= 0.3 is 0 Å². The number of benzene rings is 1. The van der Waals surface area contributed by atoms with Crippen molar-refractivity contribution in [1.29, 1.82) is 0 Å². The molecule has 1 aliphatic rings. The fourth-order valence-corrected chi connectivity index (χ4v) is 2.95. The summed E-state index contributed by atoms with van der Waals surface area (Å²) in [5.74, 6) is 0.438. The van der Waals surface area contributed by atoms with Gasteiger partial charge in [-0.15, -0.1) is 0 Å². The van der Waals surface area contributed by atoms with Crippen LogP contribution in [0.5, 0.6) is 5.75 Å². The lowest BCUT2D eigenvalue weighted by Gasteiger charge is -2.33. The molecule has 22 heavy (non-hydrogen) atoms. The average Bonchev–Trinajstić information content (AvgIpc) is 2.52. The standard InChI is InChI=1S/C17H25ClN2O2/c1-14-7-4-5-11-20(14)12-6-10-19-17(21)13-22-16-9-3-2-8-15(16)18/h2-3,8-9,14H,4-7,10-13H2,1H3,(H,19,21). The molecule has 0 spiro atoms. The van der Waals surface area contributed by atoms with Gasteiger partial charge in [0.25, 0.3) is 5.91 Å². The molecule has 1 amide bonds. The van der Waals surface area contributed by atoms with E-state index in [1.54, 1.807) is 12.1 Å². The average molecular weight is 325 g/mol. The summed E-state index contributed by atoms with van der Waals surface area (Å²) in [6.07, 6.45) is 4.90. The van der Waals surface area contributed by atoms with E-state index >= 15 is 0 Å². The highest BCUT2D eigenvalue weighted by atomic mass is 35.5. The van der Waals surface area contributed by atoms with Crippen LogP contribution in [0.2, 0.25) is 5.02 Å². The van der Waals surface area contributed by atoms with E-state index in [4.69, 9.17) is 16.3 Å². The van der Waals surface area contributed by atoms with Crippen LogP contribution in [0.1, 0.15) is 32.6 Å². The highest BCUT2D eigenvalue weighted by Crippen LogP contribution is 2.22. The van der Waals surface area contributed by atoms with E-state index in [9.17, 15) is 4.79 Å². The van der Waals surface area contributed by atoms with Crippen molar-refractivity contribution in [3.05, 3.63) is 29.3 Å². The molecule has 0 saturated carbocycles. The molecule has 2 rings (SSSR count). The quantitative estimate of drug-likeness (QED) is 0.784. The highest BCUT2D eigenvalue weighted by molar-refractivity contribution is 6.32. The van der Waals surface area contributed by atoms with Crippen LogP contribution in [0, 0.1) is 0 Å². The first-order valence-corrected chi connectivity index (χ1v) is 8.42. The van der Waals surface area contributed by atoms with Crippen LogP contribution in [0.15, 0.2) is 24.3 Å². The Hall–Kier alpha value is -1.26. The molecule has 5 heteroatoms. The Morgan fingerprint density at radius 2 is 2.23 bits per heavy atom. The van der Waals surface area contributed by atoms with Crippen molar-refractivity contribution in [2.24, 2.45) is 0 Å². The van der Waals surface area contributed by atoms with Gasteiger partial charge in [-0.1, -0.05) is 30.2 Å². The highest BCUT2D eigenvalue weighted by Gasteiger charge is 2.17. The second kappa shape index (κ2) is 9.01. The molecule has 0 radical (unpaired) electrons. The van der Waals surface area contributed by atoms with Crippen molar-refractivity contribution < 1.29 is 9.53 Å². The van der Waals surface area contributed by atoms with Gasteiger partial charge in [0.15, 0.2) is 6.61 Å². The van der Waals surface area contributed by atoms with Gasteiger partial charge in [-0.05, 0) is 44.9 Å². The van der Waals surface area contributed by atoms with Crippen LogP contribution in [0.3, 0.4) is 0 Å². The molecule has 0 bridgehead atoms. The van der Waals surface area contributed by atoms with Crippen molar-refractivity contribution in [3.8, 4) is 5.75 Å². The third-order valence-electron chi connectivity index (χ3n) is 4.08. The monoisotopic (exact) mass is 324 g/mol. The van der Waals surface area contributed by atoms with Gasteiger partial charge in [0.2, 0.25) is 0 Å². The first-order chi connectivity index (χ1) is 10.7. The lowest BCUT2D eigenvalue weighted by molar-refractivity contribution is -0.123. The summed E-state index contributed by atoms with van der Waals surface area (Å²) in [5, 5.41) is 3.42. The zero-order chi connectivity index (χ0) is 15.8. The van der Waals surface area contributed by atoms with Crippen molar-refractivity contribution in [2.75, 3.05) is 26.2 Å². The van der Waals surface area contributed by atoms with E-state index in [0.29, 0.717) is 23.4 Å². The normalized spacial score (nSPS) is 18.9. The maximum Gasteiger partial charge on any atom is 0.257 e. The number of nitrogens with zero attached hydrogens (tertiary/aromatic N) is 1. The van der Waals surface area contributed by atoms with Crippen LogP contribution >= 0.6 is 11.6 Å². The van der Waals surface area contributed by atoms with Gasteiger partial charge in [-0.2, -0.15) is 0 Å². The summed E-state index contributed by atoms with van der Waals surface area (Å²) in [5.41, 5.74) is 0. The van der Waals surface area contributed by atoms with E-state index in [-0.39, 0.29) is 12.5 Å². The number of nitrogens with one attached hydrogen (secondary N) is 1. The largest absolute Gasteiger partial charge is 0.482 e. The zero-order valence-electron chi connectivity index (χ0n) is 13.2. The summed E-state index contributed by atoms with van der Waals surface area (Å²) in [6.45, 7) is 5.21. The molecule has 1 saturated heterocycles. The SMILES string of the molecule is CC1CCCCN1CCCNC(=O)COc1ccccc1Cl. The number of rotatable bonds is 7. The Morgan fingerprint density at radius 1 is 1.41 bits per heavy atom. The number of para-hydroxylation sites is 1. The third kappa shape index (κ3) is 5.50. The van der Waals surface area contributed by atoms with Gasteiger partial charge in [-0.25, -0.2) is 0 Å². The summed E-state index contributed by atoms with van der Waals surface area (Å²) >= 11 is 5.97. The second-order valence-corrected chi connectivity index (χ2v) is 6.21. The number of hydrogen-bond donors (Lipinski definition) is 1. The van der Waals surface area contributed by atoms with Crippen LogP contribution in [-0.4, -0.2) is 43.1 Å². The van der Waals surface area contributed by atoms with E-state index in [0.717, 1.165) is 13.0 Å². The molecule has 1 unspecified atom stereocenters. The maximum absolute atomic E-state index is 11.8. The van der Waals surface area contributed by atoms with Crippen molar-refractivity contribution in [2.45, 2.75) is 38.6 Å². The Balaban J connectivity index is 1.59. The number of halogens is 1. The van der Waals surface area contributed by atoms with Gasteiger partial charge in [0, 0.05) is 19.1 Å². The molecule has 1 aromatic carbocycles. The van der Waals surface area contributed by atoms with E-state index in [2.05, 4.69) is 17.1 Å². The molecular formula is C17H25ClN2O2. The summed E-state index contributed by atoms with van der Waals surface area (Å²) in [4.78, 5) is 14.3. The molecular weight excluding hydrogens is 300 g/mol. The van der Waals surface area contributed by atoms with Crippen LogP contribution < -0.4 is 10.1 Å². The molecule has 1 aliphatic heterocycles. The molecule has 1 aromatic rings. The van der Waals surface area contributed by atoms with Crippen LogP contribution in [0.25, 0.3) is 0 Å². The predicted octanol–water partition coefficient (Wildman–Crippen LogP) is 3.10. The van der Waals surface area contributed by atoms with Gasteiger partial charge in [-0.3, -0.25) is 4.79 Å². The summed E-state index contributed by atoms with van der Waals surface area (Å²) < 4.78 is 5.41. The number of hydrogen-bond acceptors (Lipinski definition) is 3. The Kier molecular flexibility index (Phi) is 7.00. The number of piperidine rings is 1. The number of ether oxygens (including phenoxy) is 1. The Labute approximate surface area is 137 Å². The van der Waals surface area contributed by atoms with Crippen molar-refractivity contribution in [1.82, 2.24) is 10.2 Å². The van der Waals surface area contributed by atoms with Crippen molar-refractivity contribution in [3.63, 3.8) is 0 Å². The molecule has 1 heterocycles. The molecule has 1 fully saturated rings. The fraction of sp³-hybridized carbons (Fsp3) is 0.588. The molecule has 4 nitrogen and oxygen atoms in total. The summed E-state index contributed by atoms with van der Waals surface area (Å²) in [7, 11) is 0. The first-order valence-electron chi connectivity index (χ1n) is 8.05. The minimum absolute atomic E-state index is 0.00382. The third-order valence-corrected chi connectivity index (χ3v) is 4.39. The topological polar surface area (TPSA) is 41.6 Å². The zero-order valence-corrected chi connectivity index (χ0v) is 13.9. The van der Waals surface area contributed by atoms with Gasteiger partial charge in [0.05, 0.1) is 5.02 Å². The molecule has 122 valence electrons. The van der Waals surface area contributed by atoms with Crippen LogP contribution in [-0.2, 0) is 4.79 Å². The molecule has 0 aromatic heterocycles. The number of amides is 1.